The van der Waals surface area contributed by atoms with Gasteiger partial charge in [0.15, 0.2) is 0 Å². The van der Waals surface area contributed by atoms with Crippen molar-refractivity contribution in [2.45, 2.75) is 124 Å². The minimum Gasteiger partial charge on any atom is -0.490 e. The number of hydrogen-bond donors (Lipinski definition) is 3. The molecular weight excluding hydrogens is 560 g/mol. The van der Waals surface area contributed by atoms with Gasteiger partial charge in [0.2, 0.25) is 5.76 Å². The number of cyclic esters (lactones) is 1. The van der Waals surface area contributed by atoms with E-state index in [1.54, 1.807) is 13.2 Å². The van der Waals surface area contributed by atoms with Crippen LogP contribution in [-0.2, 0) is 23.7 Å². The fourth-order valence-electron chi connectivity index (χ4n) is 6.82. The van der Waals surface area contributed by atoms with Crippen LogP contribution in [0.3, 0.4) is 0 Å². The van der Waals surface area contributed by atoms with Crippen molar-refractivity contribution in [1.82, 2.24) is 0 Å². The molecule has 0 saturated carbocycles. The molecule has 0 aromatic carbocycles. The largest absolute Gasteiger partial charge is 0.490 e. The summed E-state index contributed by atoms with van der Waals surface area (Å²) in [5, 5.41) is 33.7. The molecule has 0 aromatic heterocycles. The van der Waals surface area contributed by atoms with E-state index in [9.17, 15) is 20.1 Å². The van der Waals surface area contributed by atoms with Gasteiger partial charge in [-0.25, -0.2) is 4.79 Å². The van der Waals surface area contributed by atoms with Crippen molar-refractivity contribution in [2.75, 3.05) is 14.2 Å². The van der Waals surface area contributed by atoms with Crippen LogP contribution in [0.4, 0.5) is 0 Å². The molecule has 0 bridgehead atoms. The van der Waals surface area contributed by atoms with Gasteiger partial charge in [-0.15, -0.1) is 0 Å². The number of aliphatic hydroxyl groups excluding tert-OH is 3. The summed E-state index contributed by atoms with van der Waals surface area (Å²) in [4.78, 5) is 13.5. The summed E-state index contributed by atoms with van der Waals surface area (Å²) >= 11 is 0. The third kappa shape index (κ3) is 9.52. The molecule has 0 aromatic rings. The monoisotopic (exact) mass is 620 g/mol. The van der Waals surface area contributed by atoms with Gasteiger partial charge in [0.1, 0.15) is 12.2 Å². The molecule has 2 rings (SSSR count). The van der Waals surface area contributed by atoms with Gasteiger partial charge in [0.05, 0.1) is 37.1 Å². The maximum absolute atomic E-state index is 13.5. The molecular formula is C36H60O8. The highest BCUT2D eigenvalue weighted by atomic mass is 16.6. The number of hydrogen-bond acceptors (Lipinski definition) is 8. The Morgan fingerprint density at radius 1 is 1.05 bits per heavy atom. The lowest BCUT2D eigenvalue weighted by Crippen LogP contribution is -2.57. The average molecular weight is 621 g/mol. The number of carbonyl (C=O) groups is 1. The Labute approximate surface area is 266 Å². The van der Waals surface area contributed by atoms with E-state index < -0.39 is 53.9 Å². The maximum atomic E-state index is 13.5. The predicted molar refractivity (Wildman–Crippen MR) is 174 cm³/mol. The molecule has 0 unspecified atom stereocenters. The lowest BCUT2D eigenvalue weighted by molar-refractivity contribution is -0.230. The Morgan fingerprint density at radius 2 is 1.68 bits per heavy atom. The van der Waals surface area contributed by atoms with Crippen LogP contribution in [0.1, 0.15) is 82.1 Å². The van der Waals surface area contributed by atoms with E-state index in [4.69, 9.17) is 18.9 Å². The summed E-state index contributed by atoms with van der Waals surface area (Å²) in [5.74, 6) is -1.61. The van der Waals surface area contributed by atoms with E-state index in [0.29, 0.717) is 12.8 Å². The lowest BCUT2D eigenvalue weighted by Gasteiger charge is -2.51. The SMILES string of the molecule is CO/C1=C\C(C)=C\[C@@H](C)[C@@H](O)[C@@H](C)C/C(C)=C/C=C/[C@H](OC)[C@@H]([C@@H](C)[C@@H](O)[C@H](C)[C@@]2(C)C[C@@H](O)[C@H](C)[C@@H](C(C)C)O2)OC1=O. The molecule has 1 saturated heterocycles. The van der Waals surface area contributed by atoms with Crippen LogP contribution in [0.15, 0.2) is 47.3 Å². The van der Waals surface area contributed by atoms with Crippen molar-refractivity contribution in [3.8, 4) is 0 Å². The van der Waals surface area contributed by atoms with Gasteiger partial charge < -0.3 is 34.3 Å². The van der Waals surface area contributed by atoms with Gasteiger partial charge in [0.25, 0.3) is 0 Å². The van der Waals surface area contributed by atoms with Gasteiger partial charge in [-0.3, -0.25) is 0 Å². The molecule has 252 valence electrons. The third-order valence-corrected chi connectivity index (χ3v) is 9.93. The highest BCUT2D eigenvalue weighted by Gasteiger charge is 2.50. The van der Waals surface area contributed by atoms with Crippen molar-refractivity contribution in [3.05, 3.63) is 47.3 Å². The van der Waals surface area contributed by atoms with Crippen molar-refractivity contribution in [3.63, 3.8) is 0 Å². The number of allylic oxidation sites excluding steroid dienone is 5. The first-order chi connectivity index (χ1) is 20.5. The molecule has 2 aliphatic rings. The number of aliphatic hydroxyl groups is 3. The van der Waals surface area contributed by atoms with Crippen LogP contribution < -0.4 is 0 Å². The third-order valence-electron chi connectivity index (χ3n) is 9.93. The van der Waals surface area contributed by atoms with Crippen molar-refractivity contribution in [2.24, 2.45) is 35.5 Å². The van der Waals surface area contributed by atoms with Crippen LogP contribution in [0.2, 0.25) is 0 Å². The number of rotatable bonds is 7. The second-order valence-corrected chi connectivity index (χ2v) is 14.0. The molecule has 44 heavy (non-hydrogen) atoms. The molecule has 12 atom stereocenters. The summed E-state index contributed by atoms with van der Waals surface area (Å²) in [6.07, 6.45) is 6.51. The number of carbonyl (C=O) groups excluding carboxylic acids is 1. The maximum Gasteiger partial charge on any atom is 0.373 e. The molecule has 8 nitrogen and oxygen atoms in total. The highest BCUT2D eigenvalue weighted by Crippen LogP contribution is 2.42. The van der Waals surface area contributed by atoms with Crippen LogP contribution >= 0.6 is 0 Å². The zero-order chi connectivity index (χ0) is 33.5. The number of ether oxygens (including phenoxy) is 4. The Morgan fingerprint density at radius 3 is 2.25 bits per heavy atom. The summed E-state index contributed by atoms with van der Waals surface area (Å²) in [7, 11) is 2.96. The van der Waals surface area contributed by atoms with Crippen LogP contribution in [0.25, 0.3) is 0 Å². The van der Waals surface area contributed by atoms with E-state index in [0.717, 1.165) is 11.1 Å². The van der Waals surface area contributed by atoms with Gasteiger partial charge in [-0.2, -0.15) is 0 Å². The minimum atomic E-state index is -0.958. The zero-order valence-electron chi connectivity index (χ0n) is 29.1. The van der Waals surface area contributed by atoms with E-state index in [-0.39, 0.29) is 35.5 Å². The van der Waals surface area contributed by atoms with E-state index in [1.807, 2.05) is 79.7 Å². The summed E-state index contributed by atoms with van der Waals surface area (Å²) in [5.41, 5.74) is 1.05. The average Bonchev–Trinajstić information content (AvgIpc) is 2.96. The zero-order valence-corrected chi connectivity index (χ0v) is 29.1. The fraction of sp³-hybridized carbons (Fsp3) is 0.750. The van der Waals surface area contributed by atoms with Crippen molar-refractivity contribution < 1.29 is 39.1 Å². The van der Waals surface area contributed by atoms with Crippen LogP contribution in [0, 0.1) is 35.5 Å². The molecule has 2 heterocycles. The second-order valence-electron chi connectivity index (χ2n) is 14.0. The first-order valence-electron chi connectivity index (χ1n) is 16.2. The quantitative estimate of drug-likeness (QED) is 0.308. The molecule has 0 amide bonds. The summed E-state index contributed by atoms with van der Waals surface area (Å²) in [6.45, 7) is 19.7. The fourth-order valence-corrected chi connectivity index (χ4v) is 6.82. The first kappa shape index (κ1) is 38.2. The van der Waals surface area contributed by atoms with Crippen LogP contribution in [0.5, 0.6) is 0 Å². The smallest absolute Gasteiger partial charge is 0.373 e. The van der Waals surface area contributed by atoms with Gasteiger partial charge >= 0.3 is 5.97 Å². The predicted octanol–water partition coefficient (Wildman–Crippen LogP) is 5.76. The summed E-state index contributed by atoms with van der Waals surface area (Å²) in [6, 6.07) is 0. The Bertz CT molecular complexity index is 1060. The summed E-state index contributed by atoms with van der Waals surface area (Å²) < 4.78 is 24.0. The molecule has 2 aliphatic heterocycles. The van der Waals surface area contributed by atoms with E-state index in [2.05, 4.69) is 13.8 Å². The second kappa shape index (κ2) is 16.5. The lowest BCUT2D eigenvalue weighted by atomic mass is 9.71. The Hall–Kier alpha value is -1.97. The topological polar surface area (TPSA) is 115 Å². The molecule has 0 radical (unpaired) electrons. The Balaban J connectivity index is 2.52. The molecule has 1 fully saturated rings. The molecule has 8 heteroatoms. The van der Waals surface area contributed by atoms with Gasteiger partial charge in [-0.1, -0.05) is 83.9 Å². The number of methoxy groups -OCH3 is 2. The van der Waals surface area contributed by atoms with Gasteiger partial charge in [0, 0.05) is 37.2 Å². The molecule has 3 N–H and O–H groups in total. The molecule has 0 spiro atoms. The standard InChI is InChI=1S/C36H60O8/c1-20(2)33-25(7)28(37)19-36(10,44-33)27(9)32(39)26(8)34-29(41-11)15-13-14-21(3)16-23(5)31(38)24(6)17-22(4)18-30(42-12)35(40)43-34/h13-15,17-18,20,23-29,31-34,37-39H,16,19H2,1-12H3/b15-13+,21-14+,22-17+,30-18-/t23-,24+,25-,26-,27-,28+,29-,31-,32+,33+,34+,36+/m0/s1. The van der Waals surface area contributed by atoms with Crippen LogP contribution in [-0.4, -0.2) is 77.7 Å². The van der Waals surface area contributed by atoms with E-state index >= 15 is 0 Å². The normalized spacial score (nSPS) is 41.2. The minimum absolute atomic E-state index is 0.00866. The molecule has 0 aliphatic carbocycles. The highest BCUT2D eigenvalue weighted by molar-refractivity contribution is 5.87. The number of esters is 1. The van der Waals surface area contributed by atoms with Crippen molar-refractivity contribution in [1.29, 1.82) is 0 Å². The van der Waals surface area contributed by atoms with Gasteiger partial charge in [-0.05, 0) is 45.1 Å². The Kier molecular flexibility index (Phi) is 14.4. The van der Waals surface area contributed by atoms with Crippen molar-refractivity contribution >= 4 is 5.97 Å². The first-order valence-corrected chi connectivity index (χ1v) is 16.2. The van der Waals surface area contributed by atoms with E-state index in [1.165, 1.54) is 7.11 Å².